The van der Waals surface area contributed by atoms with Crippen LogP contribution in [0.5, 0.6) is 0 Å². The molecule has 3 aliphatic carbocycles. The monoisotopic (exact) mass is 531 g/mol. The van der Waals surface area contributed by atoms with Gasteiger partial charge < -0.3 is 0 Å². The van der Waals surface area contributed by atoms with E-state index in [1.54, 1.807) is 55.0 Å². The molecule has 0 fully saturated rings. The number of rotatable bonds is 0. The topological polar surface area (TPSA) is 123 Å². The van der Waals surface area contributed by atoms with Gasteiger partial charge in [-0.05, 0) is 34.9 Å². The quantitative estimate of drug-likeness (QED) is 0.164. The Hall–Kier alpha value is -7.17. The molecule has 3 heterocycles. The second-order valence-corrected chi connectivity index (χ2v) is 9.29. The maximum Gasteiger partial charge on any atom is 0.528 e. The fraction of sp³-hybridized carbons (Fsp3) is 0. The predicted octanol–water partition coefficient (Wildman–Crippen LogP) is 6.42. The lowest BCUT2D eigenvalue weighted by Gasteiger charge is -2.17. The number of nitrogens with zero attached hydrogens (tertiary/aromatic N) is 9. The van der Waals surface area contributed by atoms with E-state index in [1.807, 2.05) is 18.2 Å². The van der Waals surface area contributed by atoms with Gasteiger partial charge in [0.1, 0.15) is 30.9 Å². The molecule has 0 unspecified atom stereocenters. The molecule has 4 aromatic rings. The lowest BCUT2D eigenvalue weighted by molar-refractivity contribution is 1.31. The van der Waals surface area contributed by atoms with Crippen LogP contribution in [0.4, 0.5) is 0 Å². The Kier molecular flexibility index (Phi) is 4.94. The van der Waals surface area contributed by atoms with Crippen LogP contribution in [0.2, 0.25) is 0 Å². The molecule has 7 rings (SSSR count). The summed E-state index contributed by atoms with van der Waals surface area (Å²) in [4.78, 5) is 24.7. The SMILES string of the molecule is [C-]#[N+]C([N+]#[C-])=C1c2cccnc2-c2c1c1c(c3c2/C(=C(/C#N)[N+]#[C-])c2cccnc2-3)C(=C(C#N)C#N)c2cccnc2-1. The minimum Gasteiger partial charge on any atom is -0.256 e. The first-order chi connectivity index (χ1) is 20.6. The molecular formula is C33H9N9. The number of benzene rings is 1. The molecule has 0 amide bonds. The average molecular weight is 531 g/mol. The molecule has 0 saturated heterocycles. The third kappa shape index (κ3) is 2.76. The highest BCUT2D eigenvalue weighted by atomic mass is 14.9. The van der Waals surface area contributed by atoms with E-state index in [1.165, 1.54) is 0 Å². The molecule has 0 aliphatic heterocycles. The fourth-order valence-electron chi connectivity index (χ4n) is 6.18. The highest BCUT2D eigenvalue weighted by molar-refractivity contribution is 6.23. The van der Waals surface area contributed by atoms with Gasteiger partial charge in [0.05, 0.1) is 35.3 Å². The fourth-order valence-corrected chi connectivity index (χ4v) is 6.18. The van der Waals surface area contributed by atoms with E-state index >= 15 is 0 Å². The molecule has 0 saturated carbocycles. The molecule has 0 radical (unpaired) electrons. The Balaban J connectivity index is 1.88. The highest BCUT2D eigenvalue weighted by Crippen LogP contribution is 2.64. The normalized spacial score (nSPS) is 13.3. The molecule has 9 nitrogen and oxygen atoms in total. The van der Waals surface area contributed by atoms with Crippen LogP contribution < -0.4 is 0 Å². The van der Waals surface area contributed by atoms with E-state index < -0.39 is 0 Å². The Bertz CT molecular complexity index is 2030. The molecule has 3 aliphatic rings. The minimum atomic E-state index is -0.189. The summed E-state index contributed by atoms with van der Waals surface area (Å²) < 4.78 is 0. The zero-order chi connectivity index (χ0) is 29.1. The molecule has 3 aromatic heterocycles. The van der Waals surface area contributed by atoms with Crippen molar-refractivity contribution in [2.45, 2.75) is 0 Å². The Morgan fingerprint density at radius 3 is 1.40 bits per heavy atom. The Morgan fingerprint density at radius 1 is 0.548 bits per heavy atom. The van der Waals surface area contributed by atoms with Crippen LogP contribution in [0.3, 0.4) is 0 Å². The zero-order valence-electron chi connectivity index (χ0n) is 21.2. The van der Waals surface area contributed by atoms with Gasteiger partial charge in [-0.25, -0.2) is 10.1 Å². The maximum atomic E-state index is 10.1. The van der Waals surface area contributed by atoms with Crippen LogP contribution in [0.1, 0.15) is 33.4 Å². The maximum absolute atomic E-state index is 10.1. The summed E-state index contributed by atoms with van der Waals surface area (Å²) in [6.07, 6.45) is 4.80. The number of hydrogen-bond donors (Lipinski definition) is 0. The molecular weight excluding hydrogens is 522 g/mol. The Labute approximate surface area is 239 Å². The van der Waals surface area contributed by atoms with E-state index in [2.05, 4.69) is 29.5 Å². The first-order valence-electron chi connectivity index (χ1n) is 12.3. The largest absolute Gasteiger partial charge is 0.528 e. The van der Waals surface area contributed by atoms with E-state index in [-0.39, 0.29) is 17.1 Å². The van der Waals surface area contributed by atoms with Crippen LogP contribution in [0.25, 0.3) is 65.0 Å². The smallest absolute Gasteiger partial charge is 0.256 e. The van der Waals surface area contributed by atoms with Gasteiger partial charge in [0.25, 0.3) is 5.70 Å². The number of fused-ring (bicyclic) bond motifs is 12. The molecule has 0 spiro atoms. The highest BCUT2D eigenvalue weighted by Gasteiger charge is 2.46. The van der Waals surface area contributed by atoms with Crippen LogP contribution in [-0.2, 0) is 0 Å². The number of aromatic nitrogens is 3. The second-order valence-electron chi connectivity index (χ2n) is 9.29. The van der Waals surface area contributed by atoms with Gasteiger partial charge in [-0.2, -0.15) is 20.2 Å². The molecule has 9 heteroatoms. The van der Waals surface area contributed by atoms with Crippen molar-refractivity contribution in [3.05, 3.63) is 140 Å². The average Bonchev–Trinajstić information content (AvgIpc) is 3.66. The van der Waals surface area contributed by atoms with Crippen molar-refractivity contribution in [3.8, 4) is 52.0 Å². The van der Waals surface area contributed by atoms with Crippen molar-refractivity contribution in [3.63, 3.8) is 0 Å². The number of hydrogen-bond acceptors (Lipinski definition) is 6. The van der Waals surface area contributed by atoms with Gasteiger partial charge in [0.2, 0.25) is 0 Å². The van der Waals surface area contributed by atoms with Crippen molar-refractivity contribution in [2.24, 2.45) is 0 Å². The third-order valence-electron chi connectivity index (χ3n) is 7.56. The molecule has 186 valence electrons. The summed E-state index contributed by atoms with van der Waals surface area (Å²) in [5.41, 5.74) is 6.81. The Morgan fingerprint density at radius 2 is 0.976 bits per heavy atom. The molecule has 0 bridgehead atoms. The first-order valence-corrected chi connectivity index (χ1v) is 12.3. The van der Waals surface area contributed by atoms with Crippen molar-refractivity contribution in [1.29, 1.82) is 15.8 Å². The van der Waals surface area contributed by atoms with Crippen LogP contribution in [0.15, 0.2) is 72.1 Å². The summed E-state index contributed by atoms with van der Waals surface area (Å²) in [5, 5.41) is 30.3. The molecule has 1 aromatic carbocycles. The first kappa shape index (κ1) is 23.9. The van der Waals surface area contributed by atoms with E-state index in [9.17, 15) is 15.8 Å². The van der Waals surface area contributed by atoms with Crippen molar-refractivity contribution in [1.82, 2.24) is 15.0 Å². The van der Waals surface area contributed by atoms with Gasteiger partial charge in [0.15, 0.2) is 0 Å². The summed E-state index contributed by atoms with van der Waals surface area (Å²) in [6.45, 7) is 23.6. The van der Waals surface area contributed by atoms with Crippen molar-refractivity contribution in [2.75, 3.05) is 0 Å². The second kappa shape index (κ2) is 8.68. The van der Waals surface area contributed by atoms with E-state index in [0.717, 1.165) is 0 Å². The molecule has 0 atom stereocenters. The summed E-state index contributed by atoms with van der Waals surface area (Å²) in [6, 6.07) is 16.5. The third-order valence-corrected chi connectivity index (χ3v) is 7.56. The zero-order valence-corrected chi connectivity index (χ0v) is 21.2. The van der Waals surface area contributed by atoms with Gasteiger partial charge in [-0.3, -0.25) is 15.0 Å². The molecule has 0 N–H and O–H groups in total. The number of nitriles is 3. The van der Waals surface area contributed by atoms with Gasteiger partial charge in [-0.15, -0.1) is 0 Å². The summed E-state index contributed by atoms with van der Waals surface area (Å²) in [5.74, 6) is -0.189. The van der Waals surface area contributed by atoms with E-state index in [4.69, 9.17) is 19.7 Å². The van der Waals surface area contributed by atoms with Gasteiger partial charge >= 0.3 is 5.82 Å². The standard InChI is InChI=1S/C33H9N9/c1-37-20(15-36)22-18-8-5-11-41-31(18)27-24-21(16(13-34)14-35)17-7-4-10-40-30(17)28(24)26-23(33(38-2)39-3)19-9-6-12-42-32(19)29(26)25(22)27/h4-12H/b22-20-. The lowest BCUT2D eigenvalue weighted by atomic mass is 9.84. The van der Waals surface area contributed by atoms with Crippen molar-refractivity contribution < 1.29 is 0 Å². The van der Waals surface area contributed by atoms with Crippen LogP contribution in [0, 0.1) is 53.7 Å². The van der Waals surface area contributed by atoms with Crippen LogP contribution in [-0.4, -0.2) is 15.0 Å². The van der Waals surface area contributed by atoms with Gasteiger partial charge in [-0.1, -0.05) is 18.2 Å². The minimum absolute atomic E-state index is 0.152. The lowest BCUT2D eigenvalue weighted by Crippen LogP contribution is -1.99. The summed E-state index contributed by atoms with van der Waals surface area (Å²) in [7, 11) is 0. The van der Waals surface area contributed by atoms with Gasteiger partial charge in [0, 0.05) is 63.1 Å². The summed E-state index contributed by atoms with van der Waals surface area (Å²) >= 11 is 0. The molecule has 42 heavy (non-hydrogen) atoms. The van der Waals surface area contributed by atoms with E-state index in [0.29, 0.717) is 83.9 Å². The van der Waals surface area contributed by atoms with Crippen molar-refractivity contribution >= 4 is 16.7 Å². The number of allylic oxidation sites excluding steroid dienone is 2. The number of pyridine rings is 3. The predicted molar refractivity (Wildman–Crippen MR) is 151 cm³/mol. The van der Waals surface area contributed by atoms with Crippen LogP contribution >= 0.6 is 0 Å².